The summed E-state index contributed by atoms with van der Waals surface area (Å²) < 4.78 is 7.20. The van der Waals surface area contributed by atoms with Crippen LogP contribution < -0.4 is 10.1 Å². The first-order valence-corrected chi connectivity index (χ1v) is 19.1. The third-order valence-electron chi connectivity index (χ3n) is 7.61. The normalized spacial score (nSPS) is 14.3. The van der Waals surface area contributed by atoms with Crippen molar-refractivity contribution in [3.8, 4) is 5.75 Å². The topological polar surface area (TPSA) is 88.1 Å². The average Bonchev–Trinajstić information content (AvgIpc) is 3.14. The average molecular weight is 880 g/mol. The predicted octanol–water partition coefficient (Wildman–Crippen LogP) is 10.5. The zero-order valence-corrected chi connectivity index (χ0v) is 33.2. The largest absolute Gasteiger partial charge is 0.487 e. The van der Waals surface area contributed by atoms with Crippen molar-refractivity contribution in [2.75, 3.05) is 5.75 Å². The van der Waals surface area contributed by atoms with Crippen LogP contribution in [0.3, 0.4) is 0 Å². The van der Waals surface area contributed by atoms with Crippen molar-refractivity contribution in [2.24, 2.45) is 4.99 Å². The van der Waals surface area contributed by atoms with Gasteiger partial charge in [-0.1, -0.05) is 127 Å². The molecule has 52 heavy (non-hydrogen) atoms. The van der Waals surface area contributed by atoms with E-state index in [0.29, 0.717) is 36.0 Å². The monoisotopic (exact) mass is 877 g/mol. The van der Waals surface area contributed by atoms with Crippen molar-refractivity contribution >= 4 is 95.8 Å². The number of nitrogens with zero attached hydrogens (tertiary/aromatic N) is 2. The number of carbonyl (C=O) groups excluding carboxylic acids is 3. The summed E-state index contributed by atoms with van der Waals surface area (Å²) in [6.45, 7) is 5.71. The van der Waals surface area contributed by atoms with E-state index in [1.165, 1.54) is 11.0 Å². The Morgan fingerprint density at radius 2 is 1.60 bits per heavy atom. The third kappa shape index (κ3) is 9.81. The van der Waals surface area contributed by atoms with Crippen LogP contribution in [0.1, 0.15) is 35.2 Å². The number of aliphatic imine (C=N–C) groups is 1. The first kappa shape index (κ1) is 39.0. The van der Waals surface area contributed by atoms with Gasteiger partial charge in [0.25, 0.3) is 11.8 Å². The van der Waals surface area contributed by atoms with E-state index in [1.54, 1.807) is 55.5 Å². The number of amidine groups is 1. The SMILES string of the molecule is C=C/C=C\C(=C/C)N1C(=O)/C(=C/c2cc(Br)c(OCc3ccc(Cl)c(Cl)c3)c(Br)c2)C(=O)N=C1SCC(=O)NC(c1ccccc1)c1ccccc1. The van der Waals surface area contributed by atoms with Gasteiger partial charge in [-0.3, -0.25) is 19.3 Å². The molecule has 0 spiro atoms. The lowest BCUT2D eigenvalue weighted by Gasteiger charge is -2.28. The van der Waals surface area contributed by atoms with E-state index < -0.39 is 17.9 Å². The molecule has 264 valence electrons. The molecule has 5 rings (SSSR count). The number of hydrogen-bond acceptors (Lipinski definition) is 5. The summed E-state index contributed by atoms with van der Waals surface area (Å²) >= 11 is 20.3. The number of hydrogen-bond donors (Lipinski definition) is 1. The molecule has 0 saturated heterocycles. The van der Waals surface area contributed by atoms with Crippen LogP contribution in [-0.4, -0.2) is 33.5 Å². The molecule has 0 bridgehead atoms. The van der Waals surface area contributed by atoms with Gasteiger partial charge in [0.05, 0.1) is 30.8 Å². The summed E-state index contributed by atoms with van der Waals surface area (Å²) in [7, 11) is 0. The minimum absolute atomic E-state index is 0.0773. The van der Waals surface area contributed by atoms with Gasteiger partial charge in [-0.25, -0.2) is 0 Å². The predicted molar refractivity (Wildman–Crippen MR) is 218 cm³/mol. The quantitative estimate of drug-likeness (QED) is 0.0870. The fourth-order valence-electron chi connectivity index (χ4n) is 5.15. The third-order valence-corrected chi connectivity index (χ3v) is 10.5. The highest BCUT2D eigenvalue weighted by Gasteiger charge is 2.35. The number of benzene rings is 4. The standard InChI is InChI=1S/C40H31Br2Cl2N3O4S/c1-3-5-16-29(4-2)47-39(50)30(19-26-20-31(41)37(32(42)21-26)51-23-25-17-18-33(43)34(44)22-25)38(49)46-40(47)52-24-35(48)45-36(27-12-8-6-9-13-27)28-14-10-7-11-15-28/h3-22,36H,1,23-24H2,2H3,(H,45,48)/b16-5-,29-4+,30-19+. The van der Waals surface area contributed by atoms with Crippen LogP contribution in [0.15, 0.2) is 147 Å². The van der Waals surface area contributed by atoms with Crippen LogP contribution >= 0.6 is 66.8 Å². The lowest BCUT2D eigenvalue weighted by atomic mass is 9.99. The van der Waals surface area contributed by atoms with Crippen molar-refractivity contribution in [3.63, 3.8) is 0 Å². The maximum atomic E-state index is 14.1. The summed E-state index contributed by atoms with van der Waals surface area (Å²) in [4.78, 5) is 46.7. The Morgan fingerprint density at radius 1 is 0.962 bits per heavy atom. The van der Waals surface area contributed by atoms with E-state index >= 15 is 0 Å². The number of allylic oxidation sites excluding steroid dienone is 4. The van der Waals surface area contributed by atoms with Crippen LogP contribution in [0.4, 0.5) is 0 Å². The molecule has 1 aliphatic rings. The van der Waals surface area contributed by atoms with Crippen LogP contribution in [0.25, 0.3) is 6.08 Å². The van der Waals surface area contributed by atoms with Crippen molar-refractivity contribution in [1.82, 2.24) is 10.2 Å². The molecule has 0 unspecified atom stereocenters. The maximum Gasteiger partial charge on any atom is 0.285 e. The molecule has 12 heteroatoms. The minimum Gasteiger partial charge on any atom is -0.487 e. The maximum absolute atomic E-state index is 14.1. The van der Waals surface area contributed by atoms with E-state index in [4.69, 9.17) is 27.9 Å². The van der Waals surface area contributed by atoms with Crippen LogP contribution in [-0.2, 0) is 21.0 Å². The van der Waals surface area contributed by atoms with Gasteiger partial charge >= 0.3 is 0 Å². The van der Waals surface area contributed by atoms with Gasteiger partial charge in [0, 0.05) is 5.70 Å². The highest BCUT2D eigenvalue weighted by molar-refractivity contribution is 9.11. The zero-order chi connectivity index (χ0) is 37.2. The number of halogens is 4. The first-order chi connectivity index (χ1) is 25.1. The Hall–Kier alpha value is -4.19. The number of ether oxygens (including phenoxy) is 1. The number of nitrogens with one attached hydrogen (secondary N) is 1. The number of carbonyl (C=O) groups is 3. The molecule has 1 aliphatic heterocycles. The highest BCUT2D eigenvalue weighted by Crippen LogP contribution is 2.37. The molecule has 0 radical (unpaired) electrons. The van der Waals surface area contributed by atoms with Gasteiger partial charge in [-0.15, -0.1) is 0 Å². The van der Waals surface area contributed by atoms with Gasteiger partial charge in [0.2, 0.25) is 5.91 Å². The van der Waals surface area contributed by atoms with Gasteiger partial charge in [-0.2, -0.15) is 4.99 Å². The second kappa shape index (κ2) is 18.5. The number of rotatable bonds is 12. The zero-order valence-electron chi connectivity index (χ0n) is 27.7. The van der Waals surface area contributed by atoms with E-state index in [0.717, 1.165) is 28.5 Å². The second-order valence-corrected chi connectivity index (χ2v) is 14.6. The lowest BCUT2D eigenvalue weighted by Crippen LogP contribution is -2.42. The van der Waals surface area contributed by atoms with E-state index in [-0.39, 0.29) is 29.0 Å². The van der Waals surface area contributed by atoms with Crippen LogP contribution in [0.5, 0.6) is 5.75 Å². The summed E-state index contributed by atoms with van der Waals surface area (Å²) in [6.07, 6.45) is 8.12. The molecule has 7 nitrogen and oxygen atoms in total. The van der Waals surface area contributed by atoms with Gasteiger partial charge in [-0.05, 0) is 97.5 Å². The minimum atomic E-state index is -0.731. The first-order valence-electron chi connectivity index (χ1n) is 15.8. The van der Waals surface area contributed by atoms with Crippen LogP contribution in [0.2, 0.25) is 10.0 Å². The summed E-state index contributed by atoms with van der Waals surface area (Å²) in [5.74, 6) is -1.21. The molecule has 0 aromatic heterocycles. The molecule has 0 aliphatic carbocycles. The molecule has 1 heterocycles. The molecular weight excluding hydrogens is 849 g/mol. The summed E-state index contributed by atoms with van der Waals surface area (Å²) in [5.41, 5.74) is 3.49. The smallest absolute Gasteiger partial charge is 0.285 e. The van der Waals surface area contributed by atoms with Crippen molar-refractivity contribution < 1.29 is 19.1 Å². The molecular formula is C40H31Br2Cl2N3O4S. The fraction of sp³-hybridized carbons (Fsp3) is 0.100. The van der Waals surface area contributed by atoms with Crippen molar-refractivity contribution in [1.29, 1.82) is 0 Å². The molecule has 3 amide bonds. The Morgan fingerprint density at radius 3 is 2.17 bits per heavy atom. The number of thioether (sulfide) groups is 1. The second-order valence-electron chi connectivity index (χ2n) is 11.2. The van der Waals surface area contributed by atoms with Gasteiger partial charge in [0.1, 0.15) is 17.9 Å². The van der Waals surface area contributed by atoms with Gasteiger partial charge in [0.15, 0.2) is 5.17 Å². The van der Waals surface area contributed by atoms with Crippen LogP contribution in [0, 0.1) is 0 Å². The number of amides is 3. The van der Waals surface area contributed by atoms with E-state index in [9.17, 15) is 14.4 Å². The molecule has 0 saturated carbocycles. The lowest BCUT2D eigenvalue weighted by molar-refractivity contribution is -0.126. The summed E-state index contributed by atoms with van der Waals surface area (Å²) in [6, 6.07) is 27.6. The molecule has 0 atom stereocenters. The Bertz CT molecular complexity index is 2060. The van der Waals surface area contributed by atoms with Crippen molar-refractivity contribution in [2.45, 2.75) is 19.6 Å². The molecule has 4 aromatic carbocycles. The molecule has 0 fully saturated rings. The fourth-order valence-corrected chi connectivity index (χ4v) is 7.73. The summed E-state index contributed by atoms with van der Waals surface area (Å²) in [5, 5.41) is 4.05. The van der Waals surface area contributed by atoms with Crippen molar-refractivity contribution in [3.05, 3.63) is 174 Å². The van der Waals surface area contributed by atoms with E-state index in [2.05, 4.69) is 48.7 Å². The Kier molecular flexibility index (Phi) is 13.9. The highest BCUT2D eigenvalue weighted by atomic mass is 79.9. The van der Waals surface area contributed by atoms with E-state index in [1.807, 2.05) is 66.7 Å². The molecule has 4 aromatic rings. The Balaban J connectivity index is 1.39. The Labute approximate surface area is 333 Å². The van der Waals surface area contributed by atoms with Gasteiger partial charge < -0.3 is 10.1 Å². The molecule has 1 N–H and O–H groups in total.